The van der Waals surface area contributed by atoms with Gasteiger partial charge in [0.05, 0.1) is 12.6 Å². The van der Waals surface area contributed by atoms with E-state index in [4.69, 9.17) is 29.5 Å². The summed E-state index contributed by atoms with van der Waals surface area (Å²) in [5.41, 5.74) is 2.76. The number of hydrazine groups is 1. The highest BCUT2D eigenvalue weighted by Crippen LogP contribution is 2.40. The molecule has 3 fully saturated rings. The molecule has 3 aliphatic heterocycles. The standard InChI is InChI=1S/C12H22N2O5/c1-11(2)15-5-6(17-11)8-7(14-13)9-10(16-8)19-12(3,4)18-9/h6-10,14H,5,13H2,1-4H3/t6-,7-,8+,9+,10-/m0/s1. The number of fused-ring (bicyclic) bond motifs is 1. The first kappa shape index (κ1) is 13.7. The summed E-state index contributed by atoms with van der Waals surface area (Å²) in [4.78, 5) is 0. The SMILES string of the molecule is CC1(C)O[C@@H]2O[C@H]([C@@H]3COC(C)(C)O3)[C@H](NN)[C@H]2O1. The van der Waals surface area contributed by atoms with Gasteiger partial charge >= 0.3 is 0 Å². The molecule has 0 aromatic carbocycles. The highest BCUT2D eigenvalue weighted by molar-refractivity contribution is 5.00. The average Bonchev–Trinajstić information content (AvgIpc) is 2.87. The average molecular weight is 274 g/mol. The van der Waals surface area contributed by atoms with E-state index in [1.807, 2.05) is 27.7 Å². The Morgan fingerprint density at radius 3 is 2.32 bits per heavy atom. The van der Waals surface area contributed by atoms with Crippen molar-refractivity contribution in [2.24, 2.45) is 5.84 Å². The fraction of sp³-hybridized carbons (Fsp3) is 1.00. The van der Waals surface area contributed by atoms with Crippen LogP contribution in [0.3, 0.4) is 0 Å². The van der Waals surface area contributed by atoms with Crippen molar-refractivity contribution < 1.29 is 23.7 Å². The molecular formula is C12H22N2O5. The minimum atomic E-state index is -0.651. The van der Waals surface area contributed by atoms with Gasteiger partial charge in [-0.1, -0.05) is 0 Å². The molecule has 0 saturated carbocycles. The third-order valence-corrected chi connectivity index (χ3v) is 3.68. The molecule has 0 aromatic rings. The Labute approximate surface area is 112 Å². The molecule has 19 heavy (non-hydrogen) atoms. The molecule has 0 amide bonds. The molecule has 0 spiro atoms. The lowest BCUT2D eigenvalue weighted by molar-refractivity contribution is -0.223. The van der Waals surface area contributed by atoms with Crippen LogP contribution in [0.4, 0.5) is 0 Å². The van der Waals surface area contributed by atoms with Crippen molar-refractivity contribution >= 4 is 0 Å². The molecule has 7 heteroatoms. The summed E-state index contributed by atoms with van der Waals surface area (Å²) in [5.74, 6) is 4.40. The third kappa shape index (κ3) is 2.40. The fourth-order valence-electron chi connectivity index (χ4n) is 2.92. The molecule has 3 heterocycles. The van der Waals surface area contributed by atoms with Crippen molar-refractivity contribution in [3.63, 3.8) is 0 Å². The second kappa shape index (κ2) is 4.36. The molecule has 5 atom stereocenters. The maximum absolute atomic E-state index is 5.91. The van der Waals surface area contributed by atoms with Crippen molar-refractivity contribution in [1.82, 2.24) is 5.43 Å². The Hall–Kier alpha value is -0.280. The lowest BCUT2D eigenvalue weighted by atomic mass is 10.0. The Balaban J connectivity index is 1.72. The lowest BCUT2D eigenvalue weighted by Crippen LogP contribution is -2.53. The monoisotopic (exact) mass is 274 g/mol. The quantitative estimate of drug-likeness (QED) is 0.535. The smallest absolute Gasteiger partial charge is 0.189 e. The zero-order chi connectivity index (χ0) is 13.8. The summed E-state index contributed by atoms with van der Waals surface area (Å²) >= 11 is 0. The zero-order valence-corrected chi connectivity index (χ0v) is 11.7. The second-order valence-electron chi connectivity index (χ2n) is 6.13. The van der Waals surface area contributed by atoms with Crippen molar-refractivity contribution in [1.29, 1.82) is 0 Å². The van der Waals surface area contributed by atoms with Gasteiger partial charge in [0.2, 0.25) is 0 Å². The molecule has 110 valence electrons. The second-order valence-corrected chi connectivity index (χ2v) is 6.13. The number of rotatable bonds is 2. The van der Waals surface area contributed by atoms with Crippen LogP contribution in [0.15, 0.2) is 0 Å². The number of hydrogen-bond acceptors (Lipinski definition) is 7. The van der Waals surface area contributed by atoms with E-state index < -0.39 is 17.9 Å². The number of nitrogens with two attached hydrogens (primary N) is 1. The molecule has 3 rings (SSSR count). The van der Waals surface area contributed by atoms with Gasteiger partial charge in [0.25, 0.3) is 0 Å². The molecule has 7 nitrogen and oxygen atoms in total. The van der Waals surface area contributed by atoms with Gasteiger partial charge in [-0.3, -0.25) is 11.3 Å². The van der Waals surface area contributed by atoms with E-state index in [-0.39, 0.29) is 24.4 Å². The molecule has 0 radical (unpaired) electrons. The maximum Gasteiger partial charge on any atom is 0.189 e. The summed E-state index contributed by atoms with van der Waals surface area (Å²) < 4.78 is 28.8. The van der Waals surface area contributed by atoms with E-state index in [0.717, 1.165) is 0 Å². The van der Waals surface area contributed by atoms with E-state index >= 15 is 0 Å². The number of hydrogen-bond donors (Lipinski definition) is 2. The molecular weight excluding hydrogens is 252 g/mol. The highest BCUT2D eigenvalue weighted by atomic mass is 16.8. The molecule has 0 unspecified atom stereocenters. The van der Waals surface area contributed by atoms with Crippen LogP contribution in [0.25, 0.3) is 0 Å². The molecule has 0 bridgehead atoms. The van der Waals surface area contributed by atoms with E-state index in [2.05, 4.69) is 5.43 Å². The number of ether oxygens (including phenoxy) is 5. The largest absolute Gasteiger partial charge is 0.348 e. The molecule has 0 aliphatic carbocycles. The fourth-order valence-corrected chi connectivity index (χ4v) is 2.92. The van der Waals surface area contributed by atoms with Gasteiger partial charge in [-0.05, 0) is 27.7 Å². The molecule has 3 saturated heterocycles. The first-order chi connectivity index (χ1) is 8.81. The molecule has 0 aromatic heterocycles. The lowest BCUT2D eigenvalue weighted by Gasteiger charge is -2.28. The normalized spacial score (nSPS) is 47.5. The molecule has 3 N–H and O–H groups in total. The van der Waals surface area contributed by atoms with Crippen molar-refractivity contribution in [3.8, 4) is 0 Å². The van der Waals surface area contributed by atoms with Crippen LogP contribution in [0, 0.1) is 0 Å². The molecule has 3 aliphatic rings. The van der Waals surface area contributed by atoms with Crippen molar-refractivity contribution in [2.45, 2.75) is 69.9 Å². The summed E-state index contributed by atoms with van der Waals surface area (Å²) in [7, 11) is 0. The predicted octanol–water partition coefficient (Wildman–Crippen LogP) is -0.154. The van der Waals surface area contributed by atoms with Crippen LogP contribution < -0.4 is 11.3 Å². The van der Waals surface area contributed by atoms with Crippen LogP contribution >= 0.6 is 0 Å². The van der Waals surface area contributed by atoms with Crippen LogP contribution in [-0.2, 0) is 23.7 Å². The first-order valence-corrected chi connectivity index (χ1v) is 6.60. The summed E-state index contributed by atoms with van der Waals surface area (Å²) in [6, 6.07) is -0.186. The van der Waals surface area contributed by atoms with E-state index in [1.54, 1.807) is 0 Å². The topological polar surface area (TPSA) is 84.2 Å². The van der Waals surface area contributed by atoms with E-state index in [1.165, 1.54) is 0 Å². The minimum absolute atomic E-state index is 0.183. The van der Waals surface area contributed by atoms with Gasteiger partial charge in [0, 0.05) is 0 Å². The number of nitrogens with one attached hydrogen (secondary N) is 1. The van der Waals surface area contributed by atoms with Crippen LogP contribution in [0.1, 0.15) is 27.7 Å². The Bertz CT molecular complexity index is 362. The maximum atomic E-state index is 5.91. The van der Waals surface area contributed by atoms with Crippen molar-refractivity contribution in [3.05, 3.63) is 0 Å². The predicted molar refractivity (Wildman–Crippen MR) is 64.7 cm³/mol. The van der Waals surface area contributed by atoms with Gasteiger partial charge in [-0.2, -0.15) is 0 Å². The Morgan fingerprint density at radius 1 is 1.00 bits per heavy atom. The summed E-state index contributed by atoms with van der Waals surface area (Å²) in [6.45, 7) is 7.94. The van der Waals surface area contributed by atoms with E-state index in [0.29, 0.717) is 6.61 Å². The Kier molecular flexibility index (Phi) is 3.14. The van der Waals surface area contributed by atoms with Gasteiger partial charge in [0.1, 0.15) is 18.3 Å². The van der Waals surface area contributed by atoms with Crippen LogP contribution in [0.2, 0.25) is 0 Å². The third-order valence-electron chi connectivity index (χ3n) is 3.68. The van der Waals surface area contributed by atoms with Crippen molar-refractivity contribution in [2.75, 3.05) is 6.61 Å². The van der Waals surface area contributed by atoms with Crippen LogP contribution in [0.5, 0.6) is 0 Å². The van der Waals surface area contributed by atoms with Gasteiger partial charge in [0.15, 0.2) is 17.9 Å². The van der Waals surface area contributed by atoms with Crippen LogP contribution in [-0.4, -0.2) is 48.8 Å². The van der Waals surface area contributed by atoms with Gasteiger partial charge < -0.3 is 23.7 Å². The van der Waals surface area contributed by atoms with E-state index in [9.17, 15) is 0 Å². The summed E-state index contributed by atoms with van der Waals surface area (Å²) in [5, 5.41) is 0. The van der Waals surface area contributed by atoms with Gasteiger partial charge in [-0.15, -0.1) is 0 Å². The zero-order valence-electron chi connectivity index (χ0n) is 11.7. The minimum Gasteiger partial charge on any atom is -0.348 e. The summed E-state index contributed by atoms with van der Waals surface area (Å²) in [6.07, 6.45) is -1.10. The first-order valence-electron chi connectivity index (χ1n) is 6.60. The highest BCUT2D eigenvalue weighted by Gasteiger charge is 2.57. The van der Waals surface area contributed by atoms with Gasteiger partial charge in [-0.25, -0.2) is 0 Å². The Morgan fingerprint density at radius 2 is 1.74 bits per heavy atom.